The van der Waals surface area contributed by atoms with Crippen molar-refractivity contribution in [3.63, 3.8) is 0 Å². The number of likely N-dealkylation sites (tertiary alicyclic amines) is 1. The Labute approximate surface area is 184 Å². The van der Waals surface area contributed by atoms with Crippen molar-refractivity contribution in [2.75, 3.05) is 24.6 Å². The summed E-state index contributed by atoms with van der Waals surface area (Å²) in [4.78, 5) is 30.9. The van der Waals surface area contributed by atoms with Crippen LogP contribution in [0, 0.1) is 12.8 Å². The number of anilines is 1. The minimum Gasteiger partial charge on any atom is -0.491 e. The van der Waals surface area contributed by atoms with Crippen molar-refractivity contribution in [1.82, 2.24) is 4.90 Å². The van der Waals surface area contributed by atoms with E-state index in [4.69, 9.17) is 4.74 Å². The van der Waals surface area contributed by atoms with E-state index in [-0.39, 0.29) is 11.8 Å². The van der Waals surface area contributed by atoms with Crippen molar-refractivity contribution >= 4 is 23.1 Å². The molecule has 2 aliphatic rings. The van der Waals surface area contributed by atoms with Crippen molar-refractivity contribution < 1.29 is 14.3 Å². The van der Waals surface area contributed by atoms with E-state index >= 15 is 0 Å². The minimum absolute atomic E-state index is 0.262. The molecule has 2 amide bonds. The molecule has 2 heterocycles. The summed E-state index contributed by atoms with van der Waals surface area (Å²) in [5.41, 5.74) is 3.42. The van der Waals surface area contributed by atoms with Crippen molar-refractivity contribution in [2.45, 2.75) is 40.0 Å². The third-order valence-corrected chi connectivity index (χ3v) is 5.94. The Kier molecular flexibility index (Phi) is 6.12. The third kappa shape index (κ3) is 4.09. The first kappa shape index (κ1) is 21.2. The van der Waals surface area contributed by atoms with Crippen LogP contribution in [0.25, 0.3) is 5.57 Å². The van der Waals surface area contributed by atoms with Crippen LogP contribution in [-0.4, -0.2) is 36.4 Å². The first-order chi connectivity index (χ1) is 15.0. The van der Waals surface area contributed by atoms with E-state index in [0.717, 1.165) is 43.5 Å². The van der Waals surface area contributed by atoms with Crippen LogP contribution >= 0.6 is 0 Å². The largest absolute Gasteiger partial charge is 0.491 e. The lowest BCUT2D eigenvalue weighted by Crippen LogP contribution is -2.39. The van der Waals surface area contributed by atoms with Crippen molar-refractivity contribution in [1.29, 1.82) is 0 Å². The Balaban J connectivity index is 1.80. The molecule has 5 nitrogen and oxygen atoms in total. The number of hydrogen-bond donors (Lipinski definition) is 0. The van der Waals surface area contributed by atoms with Crippen LogP contribution in [0.3, 0.4) is 0 Å². The molecule has 0 saturated carbocycles. The summed E-state index contributed by atoms with van der Waals surface area (Å²) in [5.74, 6) is 0.497. The number of nitrogens with zero attached hydrogens (tertiary/aromatic N) is 2. The first-order valence-electron chi connectivity index (χ1n) is 11.2. The SMILES string of the molecule is CCCOc1ccccc1N1C(=O)C(c2ccc(C)cc2)=C(N2CCCC(C)C2)C1=O. The maximum absolute atomic E-state index is 13.7. The van der Waals surface area contributed by atoms with Crippen LogP contribution in [0.5, 0.6) is 5.75 Å². The van der Waals surface area contributed by atoms with Crippen LogP contribution in [0.2, 0.25) is 0 Å². The molecule has 0 radical (unpaired) electrons. The highest BCUT2D eigenvalue weighted by molar-refractivity contribution is 6.45. The second kappa shape index (κ2) is 8.96. The molecule has 2 aromatic carbocycles. The second-order valence-electron chi connectivity index (χ2n) is 8.54. The van der Waals surface area contributed by atoms with Crippen molar-refractivity contribution in [3.05, 3.63) is 65.4 Å². The number of piperidine rings is 1. The lowest BCUT2D eigenvalue weighted by Gasteiger charge is -2.33. The van der Waals surface area contributed by atoms with Gasteiger partial charge in [-0.1, -0.05) is 55.8 Å². The summed E-state index contributed by atoms with van der Waals surface area (Å²) in [6, 6.07) is 15.1. The number of aryl methyl sites for hydroxylation is 1. The number of carbonyl (C=O) groups excluding carboxylic acids is 2. The summed E-state index contributed by atoms with van der Waals surface area (Å²) in [6.07, 6.45) is 3.01. The van der Waals surface area contributed by atoms with E-state index in [0.29, 0.717) is 35.2 Å². The predicted molar refractivity (Wildman–Crippen MR) is 123 cm³/mol. The number of hydrogen-bond acceptors (Lipinski definition) is 4. The fourth-order valence-corrected chi connectivity index (χ4v) is 4.38. The molecule has 4 rings (SSSR count). The lowest BCUT2D eigenvalue weighted by molar-refractivity contribution is -0.120. The molecule has 31 heavy (non-hydrogen) atoms. The third-order valence-electron chi connectivity index (χ3n) is 5.94. The molecule has 1 fully saturated rings. The monoisotopic (exact) mass is 418 g/mol. The average Bonchev–Trinajstić information content (AvgIpc) is 3.03. The van der Waals surface area contributed by atoms with Gasteiger partial charge in [-0.05, 0) is 49.8 Å². The fourth-order valence-electron chi connectivity index (χ4n) is 4.38. The molecule has 1 atom stereocenters. The number of imide groups is 1. The van der Waals surface area contributed by atoms with Gasteiger partial charge in [-0.25, -0.2) is 4.90 Å². The van der Waals surface area contributed by atoms with E-state index in [2.05, 4.69) is 11.8 Å². The molecule has 0 spiro atoms. The highest BCUT2D eigenvalue weighted by atomic mass is 16.5. The molecular formula is C26H30N2O3. The number of para-hydroxylation sites is 2. The van der Waals surface area contributed by atoms with E-state index < -0.39 is 0 Å². The molecule has 2 aliphatic heterocycles. The van der Waals surface area contributed by atoms with Crippen LogP contribution in [-0.2, 0) is 9.59 Å². The Morgan fingerprint density at radius 1 is 1.03 bits per heavy atom. The van der Waals surface area contributed by atoms with E-state index in [1.165, 1.54) is 4.90 Å². The smallest absolute Gasteiger partial charge is 0.282 e. The highest BCUT2D eigenvalue weighted by Gasteiger charge is 2.44. The first-order valence-corrected chi connectivity index (χ1v) is 11.2. The van der Waals surface area contributed by atoms with Gasteiger partial charge in [0.2, 0.25) is 0 Å². The van der Waals surface area contributed by atoms with Crippen molar-refractivity contribution in [2.24, 2.45) is 5.92 Å². The summed E-state index contributed by atoms with van der Waals surface area (Å²) in [5, 5.41) is 0. The number of carbonyl (C=O) groups is 2. The molecule has 0 aromatic heterocycles. The normalized spacial score (nSPS) is 19.4. The quantitative estimate of drug-likeness (QED) is 0.633. The van der Waals surface area contributed by atoms with Gasteiger partial charge in [0, 0.05) is 13.1 Å². The Morgan fingerprint density at radius 2 is 1.77 bits per heavy atom. The zero-order valence-electron chi connectivity index (χ0n) is 18.6. The molecule has 1 saturated heterocycles. The van der Waals surface area contributed by atoms with Gasteiger partial charge >= 0.3 is 0 Å². The Morgan fingerprint density at radius 3 is 2.48 bits per heavy atom. The average molecular weight is 419 g/mol. The maximum Gasteiger partial charge on any atom is 0.282 e. The van der Waals surface area contributed by atoms with Gasteiger partial charge in [0.05, 0.1) is 17.9 Å². The zero-order valence-corrected chi connectivity index (χ0v) is 18.6. The van der Waals surface area contributed by atoms with Gasteiger partial charge in [0.1, 0.15) is 11.4 Å². The number of rotatable bonds is 6. The van der Waals surface area contributed by atoms with Crippen LogP contribution in [0.1, 0.15) is 44.2 Å². The molecule has 1 unspecified atom stereocenters. The summed E-state index contributed by atoms with van der Waals surface area (Å²) < 4.78 is 5.87. The standard InChI is InChI=1S/C26H30N2O3/c1-4-16-31-22-10-6-5-9-21(22)28-25(29)23(20-13-11-18(2)12-14-20)24(26(28)30)27-15-7-8-19(3)17-27/h5-6,9-14,19H,4,7-8,15-17H2,1-3H3. The lowest BCUT2D eigenvalue weighted by atomic mass is 9.97. The van der Waals surface area contributed by atoms with Crippen LogP contribution in [0.15, 0.2) is 54.2 Å². The van der Waals surface area contributed by atoms with E-state index in [9.17, 15) is 9.59 Å². The predicted octanol–water partition coefficient (Wildman–Crippen LogP) is 4.80. The molecule has 5 heteroatoms. The van der Waals surface area contributed by atoms with Crippen LogP contribution < -0.4 is 9.64 Å². The van der Waals surface area contributed by atoms with Gasteiger partial charge in [-0.3, -0.25) is 9.59 Å². The Bertz CT molecular complexity index is 1010. The Hall–Kier alpha value is -3.08. The van der Waals surface area contributed by atoms with Gasteiger partial charge in [0.15, 0.2) is 0 Å². The molecule has 0 aliphatic carbocycles. The molecule has 0 N–H and O–H groups in total. The molecule has 162 valence electrons. The van der Waals surface area contributed by atoms with Gasteiger partial charge in [0.25, 0.3) is 11.8 Å². The number of benzene rings is 2. The van der Waals surface area contributed by atoms with Gasteiger partial charge < -0.3 is 9.64 Å². The summed E-state index contributed by atoms with van der Waals surface area (Å²) in [6.45, 7) is 8.34. The maximum atomic E-state index is 13.7. The second-order valence-corrected chi connectivity index (χ2v) is 8.54. The number of ether oxygens (including phenoxy) is 1. The topological polar surface area (TPSA) is 49.9 Å². The molecule has 2 aromatic rings. The highest BCUT2D eigenvalue weighted by Crippen LogP contribution is 2.39. The number of amides is 2. The molecular weight excluding hydrogens is 388 g/mol. The van der Waals surface area contributed by atoms with E-state index in [1.54, 1.807) is 6.07 Å². The minimum atomic E-state index is -0.283. The summed E-state index contributed by atoms with van der Waals surface area (Å²) >= 11 is 0. The van der Waals surface area contributed by atoms with Gasteiger partial charge in [-0.2, -0.15) is 0 Å². The zero-order chi connectivity index (χ0) is 22.0. The van der Waals surface area contributed by atoms with Gasteiger partial charge in [-0.15, -0.1) is 0 Å². The molecule has 0 bridgehead atoms. The van der Waals surface area contributed by atoms with Crippen LogP contribution in [0.4, 0.5) is 5.69 Å². The van der Waals surface area contributed by atoms with Crippen molar-refractivity contribution in [3.8, 4) is 5.75 Å². The fraction of sp³-hybridized carbons (Fsp3) is 0.385. The summed E-state index contributed by atoms with van der Waals surface area (Å²) in [7, 11) is 0. The van der Waals surface area contributed by atoms with E-state index in [1.807, 2.05) is 56.3 Å².